The SMILES string of the molecule is CCOC(=O)C1=C(C)NC2=C(C(=O)C[C@H](c3ccc(Cl)cc3)C2)[C@@H]1c1ccc(OC)cc1OC. The van der Waals surface area contributed by atoms with Crippen molar-refractivity contribution in [3.63, 3.8) is 0 Å². The number of hydrogen-bond donors (Lipinski definition) is 1. The number of halogens is 1. The van der Waals surface area contributed by atoms with Gasteiger partial charge in [0.05, 0.1) is 32.3 Å². The number of hydrogen-bond acceptors (Lipinski definition) is 6. The maximum Gasteiger partial charge on any atom is 0.336 e. The van der Waals surface area contributed by atoms with Gasteiger partial charge < -0.3 is 19.5 Å². The Labute approximate surface area is 204 Å². The van der Waals surface area contributed by atoms with Crippen LogP contribution in [0.3, 0.4) is 0 Å². The summed E-state index contributed by atoms with van der Waals surface area (Å²) in [5.41, 5.74) is 4.28. The van der Waals surface area contributed by atoms with Crippen molar-refractivity contribution >= 4 is 23.4 Å². The molecule has 6 nitrogen and oxygen atoms in total. The third-order valence-electron chi connectivity index (χ3n) is 6.42. The number of dihydropyridines is 1. The molecule has 0 saturated carbocycles. The average molecular weight is 482 g/mol. The van der Waals surface area contributed by atoms with Gasteiger partial charge in [0.2, 0.25) is 0 Å². The lowest BCUT2D eigenvalue weighted by molar-refractivity contribution is -0.138. The molecule has 1 N–H and O–H groups in total. The van der Waals surface area contributed by atoms with Gasteiger partial charge in [0.15, 0.2) is 5.78 Å². The molecule has 34 heavy (non-hydrogen) atoms. The lowest BCUT2D eigenvalue weighted by Crippen LogP contribution is -2.36. The zero-order valence-corrected chi connectivity index (χ0v) is 20.5. The minimum Gasteiger partial charge on any atom is -0.497 e. The van der Waals surface area contributed by atoms with E-state index in [1.54, 1.807) is 27.2 Å². The molecule has 7 heteroatoms. The lowest BCUT2D eigenvalue weighted by Gasteiger charge is -2.37. The highest BCUT2D eigenvalue weighted by Gasteiger charge is 2.42. The summed E-state index contributed by atoms with van der Waals surface area (Å²) in [5, 5.41) is 4.01. The number of carbonyl (C=O) groups is 2. The van der Waals surface area contributed by atoms with E-state index in [0.29, 0.717) is 46.2 Å². The zero-order chi connectivity index (χ0) is 24.4. The van der Waals surface area contributed by atoms with Crippen molar-refractivity contribution < 1.29 is 23.8 Å². The number of rotatable bonds is 6. The molecule has 2 aliphatic rings. The van der Waals surface area contributed by atoms with E-state index >= 15 is 0 Å². The van der Waals surface area contributed by atoms with Crippen LogP contribution in [0.4, 0.5) is 0 Å². The number of esters is 1. The minimum atomic E-state index is -0.602. The van der Waals surface area contributed by atoms with Gasteiger partial charge in [0.25, 0.3) is 0 Å². The fourth-order valence-corrected chi connectivity index (χ4v) is 4.98. The van der Waals surface area contributed by atoms with Crippen LogP contribution in [0.15, 0.2) is 65.0 Å². The highest BCUT2D eigenvalue weighted by Crippen LogP contribution is 2.48. The Hall–Kier alpha value is -3.25. The topological polar surface area (TPSA) is 73.9 Å². The van der Waals surface area contributed by atoms with Crippen LogP contribution >= 0.6 is 11.6 Å². The molecule has 0 fully saturated rings. The monoisotopic (exact) mass is 481 g/mol. The molecule has 1 aliphatic heterocycles. The first kappa shape index (κ1) is 23.9. The summed E-state index contributed by atoms with van der Waals surface area (Å²) < 4.78 is 16.4. The third-order valence-corrected chi connectivity index (χ3v) is 6.67. The maximum atomic E-state index is 13.7. The van der Waals surface area contributed by atoms with Gasteiger partial charge in [0, 0.05) is 40.0 Å². The Morgan fingerprint density at radius 2 is 1.82 bits per heavy atom. The standard InChI is InChI=1S/C27H28ClNO5/c1-5-34-27(31)24-15(2)29-21-12-17(16-6-8-18(28)9-7-16)13-22(30)26(21)25(24)20-11-10-19(32-3)14-23(20)33-4/h6-11,14,17,25,29H,5,12-13H2,1-4H3/t17-,25-/m1/s1. The van der Waals surface area contributed by atoms with E-state index in [4.69, 9.17) is 25.8 Å². The molecule has 1 heterocycles. The molecule has 0 unspecified atom stereocenters. The fraction of sp³-hybridized carbons (Fsp3) is 0.333. The fourth-order valence-electron chi connectivity index (χ4n) is 4.86. The van der Waals surface area contributed by atoms with E-state index in [2.05, 4.69) is 5.32 Å². The summed E-state index contributed by atoms with van der Waals surface area (Å²) in [5.74, 6) is 0.127. The number of nitrogens with one attached hydrogen (secondary N) is 1. The van der Waals surface area contributed by atoms with Crippen LogP contribution in [0.25, 0.3) is 0 Å². The van der Waals surface area contributed by atoms with Gasteiger partial charge in [-0.1, -0.05) is 29.8 Å². The molecule has 2 aromatic carbocycles. The Kier molecular flexibility index (Phi) is 6.98. The van der Waals surface area contributed by atoms with Crippen molar-refractivity contribution in [3.8, 4) is 11.5 Å². The molecular formula is C27H28ClNO5. The smallest absolute Gasteiger partial charge is 0.336 e. The largest absolute Gasteiger partial charge is 0.497 e. The molecule has 2 atom stereocenters. The highest BCUT2D eigenvalue weighted by molar-refractivity contribution is 6.30. The predicted molar refractivity (Wildman–Crippen MR) is 130 cm³/mol. The molecule has 0 bridgehead atoms. The molecule has 0 saturated heterocycles. The molecular weight excluding hydrogens is 454 g/mol. The zero-order valence-electron chi connectivity index (χ0n) is 19.7. The van der Waals surface area contributed by atoms with Crippen molar-refractivity contribution in [2.24, 2.45) is 0 Å². The average Bonchev–Trinajstić information content (AvgIpc) is 2.83. The number of benzene rings is 2. The van der Waals surface area contributed by atoms with Crippen molar-refractivity contribution in [2.45, 2.75) is 38.5 Å². The Balaban J connectivity index is 1.84. The van der Waals surface area contributed by atoms with Crippen LogP contribution in [-0.2, 0) is 14.3 Å². The summed E-state index contributed by atoms with van der Waals surface area (Å²) in [7, 11) is 3.14. The van der Waals surface area contributed by atoms with Crippen LogP contribution in [0.2, 0.25) is 5.02 Å². The van der Waals surface area contributed by atoms with E-state index in [-0.39, 0.29) is 18.3 Å². The second kappa shape index (κ2) is 9.94. The third kappa shape index (κ3) is 4.42. The summed E-state index contributed by atoms with van der Waals surface area (Å²) in [6, 6.07) is 13.0. The van der Waals surface area contributed by atoms with Gasteiger partial charge in [-0.05, 0) is 49.9 Å². The first-order valence-electron chi connectivity index (χ1n) is 11.3. The van der Waals surface area contributed by atoms with Gasteiger partial charge in [-0.25, -0.2) is 4.79 Å². The molecule has 2 aromatic rings. The minimum absolute atomic E-state index is 0.00845. The first-order chi connectivity index (χ1) is 16.4. The molecule has 0 spiro atoms. The second-order valence-corrected chi connectivity index (χ2v) is 8.83. The van der Waals surface area contributed by atoms with E-state index in [9.17, 15) is 9.59 Å². The van der Waals surface area contributed by atoms with Crippen LogP contribution in [0.5, 0.6) is 11.5 Å². The Morgan fingerprint density at radius 1 is 1.09 bits per heavy atom. The molecule has 0 aromatic heterocycles. The number of carbonyl (C=O) groups excluding carboxylic acids is 2. The molecule has 4 rings (SSSR count). The van der Waals surface area contributed by atoms with Gasteiger partial charge in [0.1, 0.15) is 11.5 Å². The van der Waals surface area contributed by atoms with Gasteiger partial charge in [-0.3, -0.25) is 4.79 Å². The normalized spacial score (nSPS) is 20.0. The second-order valence-electron chi connectivity index (χ2n) is 8.40. The van der Waals surface area contributed by atoms with Crippen molar-refractivity contribution in [1.82, 2.24) is 5.32 Å². The molecule has 0 radical (unpaired) electrons. The number of Topliss-reactive ketones (excluding diaryl/α,β-unsaturated/α-hetero) is 1. The first-order valence-corrected chi connectivity index (χ1v) is 11.6. The van der Waals surface area contributed by atoms with Crippen LogP contribution in [0.1, 0.15) is 49.7 Å². The number of methoxy groups -OCH3 is 2. The molecule has 0 amide bonds. The maximum absolute atomic E-state index is 13.7. The van der Waals surface area contributed by atoms with Crippen LogP contribution < -0.4 is 14.8 Å². The predicted octanol–water partition coefficient (Wildman–Crippen LogP) is 5.28. The van der Waals surface area contributed by atoms with E-state index < -0.39 is 11.9 Å². The lowest BCUT2D eigenvalue weighted by atomic mass is 9.71. The van der Waals surface area contributed by atoms with Gasteiger partial charge in [-0.15, -0.1) is 0 Å². The van der Waals surface area contributed by atoms with Crippen LogP contribution in [0, 0.1) is 0 Å². The van der Waals surface area contributed by atoms with Crippen LogP contribution in [-0.4, -0.2) is 32.6 Å². The Morgan fingerprint density at radius 3 is 2.47 bits per heavy atom. The van der Waals surface area contributed by atoms with Gasteiger partial charge in [-0.2, -0.15) is 0 Å². The summed E-state index contributed by atoms with van der Waals surface area (Å²) in [4.78, 5) is 26.7. The Bertz CT molecular complexity index is 1180. The van der Waals surface area contributed by atoms with E-state index in [1.807, 2.05) is 43.3 Å². The van der Waals surface area contributed by atoms with Crippen molar-refractivity contribution in [2.75, 3.05) is 20.8 Å². The van der Waals surface area contributed by atoms with Gasteiger partial charge >= 0.3 is 5.97 Å². The van der Waals surface area contributed by atoms with E-state index in [1.165, 1.54) is 0 Å². The quantitative estimate of drug-likeness (QED) is 0.566. The number of ketones is 1. The number of allylic oxidation sites excluding steroid dienone is 3. The summed E-state index contributed by atoms with van der Waals surface area (Å²) >= 11 is 6.06. The summed E-state index contributed by atoms with van der Waals surface area (Å²) in [6.45, 7) is 3.84. The highest BCUT2D eigenvalue weighted by atomic mass is 35.5. The van der Waals surface area contributed by atoms with E-state index in [0.717, 1.165) is 16.8 Å². The summed E-state index contributed by atoms with van der Waals surface area (Å²) in [6.07, 6.45) is 0.984. The number of ether oxygens (including phenoxy) is 3. The van der Waals surface area contributed by atoms with Crippen molar-refractivity contribution in [1.29, 1.82) is 0 Å². The molecule has 1 aliphatic carbocycles. The van der Waals surface area contributed by atoms with Crippen molar-refractivity contribution in [3.05, 3.63) is 81.2 Å². The molecule has 178 valence electrons.